The summed E-state index contributed by atoms with van der Waals surface area (Å²) in [4.78, 5) is 29.9. The minimum Gasteiger partial charge on any atom is -0.345 e. The zero-order chi connectivity index (χ0) is 21.3. The van der Waals surface area contributed by atoms with Crippen LogP contribution in [0.4, 0.5) is 0 Å². The van der Waals surface area contributed by atoms with Gasteiger partial charge in [-0.2, -0.15) is 0 Å². The highest BCUT2D eigenvalue weighted by molar-refractivity contribution is 7.16. The number of rotatable bonds is 11. The number of ketones is 1. The third-order valence-electron chi connectivity index (χ3n) is 5.10. The van der Waals surface area contributed by atoms with Crippen molar-refractivity contribution in [2.24, 2.45) is 11.5 Å². The lowest BCUT2D eigenvalue weighted by Crippen LogP contribution is -2.49. The van der Waals surface area contributed by atoms with Gasteiger partial charge in [0.2, 0.25) is 5.91 Å². The number of Topliss-reactive ketones (excluding diaryl/α,β-unsaturated/α-hetero) is 1. The van der Waals surface area contributed by atoms with Crippen LogP contribution in [0, 0.1) is 0 Å². The van der Waals surface area contributed by atoms with Gasteiger partial charge in [0, 0.05) is 6.42 Å². The summed E-state index contributed by atoms with van der Waals surface area (Å²) in [5, 5.41) is 2.88. The maximum atomic E-state index is 13.1. The average Bonchev–Trinajstić information content (AvgIpc) is 3.23. The Labute approximate surface area is 180 Å². The number of thiazole rings is 1. The molecule has 5 N–H and O–H groups in total. The van der Waals surface area contributed by atoms with Gasteiger partial charge in [-0.05, 0) is 55.5 Å². The molecule has 30 heavy (non-hydrogen) atoms. The molecule has 0 saturated carbocycles. The SMILES string of the molecule is NCCC[C@H](N)C(=O)N[C@H](CCc1ccccc1)C(=O)Cc1ccc2ncsc2c1. The normalized spacial score (nSPS) is 13.1. The van der Waals surface area contributed by atoms with Crippen molar-refractivity contribution in [1.29, 1.82) is 0 Å². The van der Waals surface area contributed by atoms with Crippen molar-refractivity contribution in [3.05, 3.63) is 65.2 Å². The maximum Gasteiger partial charge on any atom is 0.237 e. The number of nitrogens with two attached hydrogens (primary N) is 2. The Morgan fingerprint density at radius 3 is 2.63 bits per heavy atom. The van der Waals surface area contributed by atoms with Gasteiger partial charge in [-0.1, -0.05) is 36.4 Å². The molecule has 2 aromatic carbocycles. The summed E-state index contributed by atoms with van der Waals surface area (Å²) in [7, 11) is 0. The minimum atomic E-state index is -0.658. The van der Waals surface area contributed by atoms with Crippen LogP contribution < -0.4 is 16.8 Å². The molecular formula is C23H28N4O2S. The predicted octanol–water partition coefficient (Wildman–Crippen LogP) is 2.59. The highest BCUT2D eigenvalue weighted by Gasteiger charge is 2.23. The van der Waals surface area contributed by atoms with E-state index in [1.54, 1.807) is 16.8 Å². The van der Waals surface area contributed by atoms with E-state index in [9.17, 15) is 9.59 Å². The molecule has 3 rings (SSSR count). The first kappa shape index (κ1) is 22.1. The van der Waals surface area contributed by atoms with Crippen LogP contribution in [-0.2, 0) is 22.4 Å². The number of amides is 1. The Balaban J connectivity index is 1.69. The number of aromatic nitrogens is 1. The molecule has 1 heterocycles. The van der Waals surface area contributed by atoms with Crippen molar-refractivity contribution in [3.63, 3.8) is 0 Å². The van der Waals surface area contributed by atoms with Crippen LogP contribution in [-0.4, -0.2) is 35.3 Å². The first-order chi connectivity index (χ1) is 14.6. The molecule has 7 heteroatoms. The summed E-state index contributed by atoms with van der Waals surface area (Å²) < 4.78 is 1.05. The Bertz CT molecular complexity index is 974. The molecule has 0 fully saturated rings. The fourth-order valence-corrected chi connectivity index (χ4v) is 4.09. The molecule has 0 aliphatic carbocycles. The zero-order valence-corrected chi connectivity index (χ0v) is 17.7. The van der Waals surface area contributed by atoms with Crippen molar-refractivity contribution in [1.82, 2.24) is 10.3 Å². The largest absolute Gasteiger partial charge is 0.345 e. The van der Waals surface area contributed by atoms with Gasteiger partial charge >= 0.3 is 0 Å². The second-order valence-corrected chi connectivity index (χ2v) is 8.31. The van der Waals surface area contributed by atoms with Gasteiger partial charge in [-0.25, -0.2) is 4.98 Å². The second-order valence-electron chi connectivity index (χ2n) is 7.42. The molecule has 6 nitrogen and oxygen atoms in total. The molecule has 158 valence electrons. The number of hydrogen-bond donors (Lipinski definition) is 3. The quantitative estimate of drug-likeness (QED) is 0.438. The molecule has 0 spiro atoms. The third kappa shape index (κ3) is 6.19. The lowest BCUT2D eigenvalue weighted by molar-refractivity contribution is -0.128. The molecular weight excluding hydrogens is 396 g/mol. The minimum absolute atomic E-state index is 0.0193. The van der Waals surface area contributed by atoms with Gasteiger partial charge in [0.05, 0.1) is 27.8 Å². The van der Waals surface area contributed by atoms with E-state index < -0.39 is 12.1 Å². The van der Waals surface area contributed by atoms with Crippen LogP contribution in [0.25, 0.3) is 10.2 Å². The topological polar surface area (TPSA) is 111 Å². The molecule has 1 amide bonds. The first-order valence-corrected chi connectivity index (χ1v) is 11.1. The molecule has 2 atom stereocenters. The predicted molar refractivity (Wildman–Crippen MR) is 121 cm³/mol. The summed E-state index contributed by atoms with van der Waals surface area (Å²) >= 11 is 1.55. The van der Waals surface area contributed by atoms with Gasteiger partial charge < -0.3 is 16.8 Å². The lowest BCUT2D eigenvalue weighted by Gasteiger charge is -2.20. The fraction of sp³-hybridized carbons (Fsp3) is 0.348. The zero-order valence-electron chi connectivity index (χ0n) is 16.9. The summed E-state index contributed by atoms with van der Waals surface area (Å²) in [6.45, 7) is 0.484. The van der Waals surface area contributed by atoms with Crippen LogP contribution >= 0.6 is 11.3 Å². The summed E-state index contributed by atoms with van der Waals surface area (Å²) in [5.41, 5.74) is 16.3. The number of fused-ring (bicyclic) bond motifs is 1. The Morgan fingerprint density at radius 1 is 1.07 bits per heavy atom. The van der Waals surface area contributed by atoms with Crippen LogP contribution in [0.15, 0.2) is 54.0 Å². The van der Waals surface area contributed by atoms with Crippen molar-refractivity contribution in [3.8, 4) is 0 Å². The summed E-state index contributed by atoms with van der Waals surface area (Å²) in [6.07, 6.45) is 2.66. The van der Waals surface area contributed by atoms with Crippen molar-refractivity contribution in [2.45, 2.75) is 44.2 Å². The monoisotopic (exact) mass is 424 g/mol. The molecule has 0 bridgehead atoms. The summed E-state index contributed by atoms with van der Waals surface area (Å²) in [6, 6.07) is 14.5. The van der Waals surface area contributed by atoms with E-state index in [0.29, 0.717) is 32.2 Å². The van der Waals surface area contributed by atoms with E-state index in [4.69, 9.17) is 11.5 Å². The summed E-state index contributed by atoms with van der Waals surface area (Å²) in [5.74, 6) is -0.318. The van der Waals surface area contributed by atoms with Gasteiger partial charge in [-0.3, -0.25) is 9.59 Å². The first-order valence-electron chi connectivity index (χ1n) is 10.2. The van der Waals surface area contributed by atoms with Crippen LogP contribution in [0.2, 0.25) is 0 Å². The van der Waals surface area contributed by atoms with Crippen molar-refractivity contribution in [2.75, 3.05) is 6.54 Å². The average molecular weight is 425 g/mol. The standard InChI is InChI=1S/C23H28N4O2S/c24-12-4-7-18(25)23(29)27-19(10-8-16-5-2-1-3-6-16)21(28)13-17-9-11-20-22(14-17)30-15-26-20/h1-3,5-6,9,11,14-15,18-19H,4,7-8,10,12-13,24-25H2,(H,27,29)/t18-,19+/m0/s1. The molecule has 3 aromatic rings. The maximum absolute atomic E-state index is 13.1. The van der Waals surface area contributed by atoms with Gasteiger partial charge in [0.1, 0.15) is 0 Å². The van der Waals surface area contributed by atoms with Crippen molar-refractivity contribution >= 4 is 33.2 Å². The Kier molecular flexibility index (Phi) is 8.07. The highest BCUT2D eigenvalue weighted by atomic mass is 32.1. The van der Waals surface area contributed by atoms with E-state index in [1.807, 2.05) is 48.5 Å². The van der Waals surface area contributed by atoms with Crippen molar-refractivity contribution < 1.29 is 9.59 Å². The lowest BCUT2D eigenvalue weighted by atomic mass is 9.97. The van der Waals surface area contributed by atoms with Crippen LogP contribution in [0.5, 0.6) is 0 Å². The van der Waals surface area contributed by atoms with E-state index in [0.717, 1.165) is 21.3 Å². The number of nitrogens with one attached hydrogen (secondary N) is 1. The molecule has 0 aliphatic rings. The number of nitrogens with zero attached hydrogens (tertiary/aromatic N) is 1. The molecule has 1 aromatic heterocycles. The van der Waals surface area contributed by atoms with Crippen LogP contribution in [0.3, 0.4) is 0 Å². The number of aryl methyl sites for hydroxylation is 1. The Morgan fingerprint density at radius 2 is 1.87 bits per heavy atom. The number of carbonyl (C=O) groups is 2. The van der Waals surface area contributed by atoms with E-state index in [-0.39, 0.29) is 18.1 Å². The van der Waals surface area contributed by atoms with Gasteiger partial charge in [-0.15, -0.1) is 11.3 Å². The smallest absolute Gasteiger partial charge is 0.237 e. The molecule has 0 unspecified atom stereocenters. The number of carbonyl (C=O) groups excluding carboxylic acids is 2. The van der Waals surface area contributed by atoms with E-state index in [1.165, 1.54) is 0 Å². The van der Waals surface area contributed by atoms with Gasteiger partial charge in [0.15, 0.2) is 5.78 Å². The molecule has 0 saturated heterocycles. The third-order valence-corrected chi connectivity index (χ3v) is 5.89. The molecule has 0 radical (unpaired) electrons. The van der Waals surface area contributed by atoms with E-state index >= 15 is 0 Å². The Hall–Kier alpha value is -2.61. The fourth-order valence-electron chi connectivity index (χ4n) is 3.35. The molecule has 0 aliphatic heterocycles. The second kappa shape index (κ2) is 11.0. The van der Waals surface area contributed by atoms with Crippen LogP contribution in [0.1, 0.15) is 30.4 Å². The highest BCUT2D eigenvalue weighted by Crippen LogP contribution is 2.20. The van der Waals surface area contributed by atoms with E-state index in [2.05, 4.69) is 10.3 Å². The van der Waals surface area contributed by atoms with Gasteiger partial charge in [0.25, 0.3) is 0 Å². The number of hydrogen-bond acceptors (Lipinski definition) is 6. The number of benzene rings is 2.